The first-order valence-corrected chi connectivity index (χ1v) is 15.1. The molecule has 0 atom stereocenters. The number of oxime groups is 1. The Balaban J connectivity index is 1.20. The van der Waals surface area contributed by atoms with Crippen LogP contribution in [-0.4, -0.2) is 62.5 Å². The molecule has 0 unspecified atom stereocenters. The lowest BCUT2D eigenvalue weighted by molar-refractivity contribution is -0.00794. The van der Waals surface area contributed by atoms with Gasteiger partial charge >= 0.3 is 0 Å². The van der Waals surface area contributed by atoms with E-state index in [1.54, 1.807) is 36.4 Å². The molecule has 0 aromatic heterocycles. The number of nitrogens with zero attached hydrogens (tertiary/aromatic N) is 3. The molecule has 2 spiro atoms. The second kappa shape index (κ2) is 6.94. The Labute approximate surface area is 205 Å². The summed E-state index contributed by atoms with van der Waals surface area (Å²) in [6, 6.07) is 9.73. The zero-order valence-corrected chi connectivity index (χ0v) is 20.9. The van der Waals surface area contributed by atoms with Gasteiger partial charge in [-0.05, 0) is 71.9 Å². The van der Waals surface area contributed by atoms with Crippen LogP contribution in [-0.2, 0) is 20.0 Å². The molecule has 4 fully saturated rings. The van der Waals surface area contributed by atoms with Gasteiger partial charge in [-0.3, -0.25) is 0 Å². The summed E-state index contributed by atoms with van der Waals surface area (Å²) in [6.45, 7) is 2.25. The highest BCUT2D eigenvalue weighted by atomic mass is 32.2. The van der Waals surface area contributed by atoms with Gasteiger partial charge in [0.1, 0.15) is 5.71 Å². The minimum Gasteiger partial charge on any atom is -0.410 e. The third-order valence-corrected chi connectivity index (χ3v) is 12.6. The molecule has 2 aromatic carbocycles. The van der Waals surface area contributed by atoms with Crippen molar-refractivity contribution < 1.29 is 22.0 Å². The minimum atomic E-state index is -3.64. The average Bonchev–Trinajstić information content (AvgIpc) is 3.01. The number of sulfonamides is 2. The molecule has 7 rings (SSSR count). The van der Waals surface area contributed by atoms with E-state index in [0.29, 0.717) is 37.3 Å². The van der Waals surface area contributed by atoms with E-state index in [1.165, 1.54) is 8.61 Å². The summed E-state index contributed by atoms with van der Waals surface area (Å²) in [4.78, 5) is 0.331. The highest BCUT2D eigenvalue weighted by Gasteiger charge is 2.52. The lowest BCUT2D eigenvalue weighted by Gasteiger charge is -2.54. The molecule has 0 amide bonds. The van der Waals surface area contributed by atoms with Crippen LogP contribution >= 0.6 is 0 Å². The van der Waals surface area contributed by atoms with Crippen molar-refractivity contribution in [1.82, 2.24) is 8.61 Å². The fourth-order valence-corrected chi connectivity index (χ4v) is 9.90. The molecule has 2 heterocycles. The predicted molar refractivity (Wildman–Crippen MR) is 129 cm³/mol. The summed E-state index contributed by atoms with van der Waals surface area (Å²) < 4.78 is 56.0. The zero-order chi connectivity index (χ0) is 24.2. The van der Waals surface area contributed by atoms with Gasteiger partial charge < -0.3 is 5.21 Å². The standard InChI is InChI=1S/C25H27N3O5S2/c29-26-23-21-11-17(34(30,31)27-13-24(14-27)7-1-8-24)3-5-19(21)20-6-4-18(12-22(20)23)35(32,33)28-15-25(16-28)9-2-10-25/h3-6,11-12,29H,1-2,7-10,13-16H2. The fraction of sp³-hybridized carbons (Fsp3) is 0.480. The van der Waals surface area contributed by atoms with Crippen LogP contribution in [0.1, 0.15) is 49.7 Å². The highest BCUT2D eigenvalue weighted by molar-refractivity contribution is 7.89. The molecular formula is C25H27N3O5S2. The van der Waals surface area contributed by atoms with E-state index < -0.39 is 20.0 Å². The SMILES string of the molecule is O=S(=O)(c1ccc2c(c1)C(=NO)c1cc(S(=O)(=O)N3CC4(CCC4)C3)ccc1-2)N1CC2(CCC2)C1. The van der Waals surface area contributed by atoms with Gasteiger partial charge in [0, 0.05) is 37.3 Å². The smallest absolute Gasteiger partial charge is 0.243 e. The average molecular weight is 514 g/mol. The maximum Gasteiger partial charge on any atom is 0.243 e. The Hall–Kier alpha value is -2.27. The van der Waals surface area contributed by atoms with Crippen LogP contribution in [0.4, 0.5) is 0 Å². The van der Waals surface area contributed by atoms with E-state index in [2.05, 4.69) is 5.16 Å². The lowest BCUT2D eigenvalue weighted by atomic mass is 9.65. The van der Waals surface area contributed by atoms with Crippen molar-refractivity contribution in [3.05, 3.63) is 47.5 Å². The number of rotatable bonds is 4. The van der Waals surface area contributed by atoms with Gasteiger partial charge in [-0.15, -0.1) is 0 Å². The normalized spacial score (nSPS) is 24.2. The van der Waals surface area contributed by atoms with Gasteiger partial charge in [0.25, 0.3) is 0 Å². The molecule has 3 aliphatic carbocycles. The van der Waals surface area contributed by atoms with Crippen LogP contribution in [0.15, 0.2) is 51.3 Å². The topological polar surface area (TPSA) is 107 Å². The Morgan fingerprint density at radius 3 is 1.37 bits per heavy atom. The molecule has 35 heavy (non-hydrogen) atoms. The summed E-state index contributed by atoms with van der Waals surface area (Å²) in [5, 5.41) is 13.3. The van der Waals surface area contributed by atoms with Crippen LogP contribution in [0.5, 0.6) is 0 Å². The van der Waals surface area contributed by atoms with Crippen molar-refractivity contribution >= 4 is 25.8 Å². The van der Waals surface area contributed by atoms with Crippen LogP contribution in [0.25, 0.3) is 11.1 Å². The van der Waals surface area contributed by atoms with Crippen molar-refractivity contribution in [2.75, 3.05) is 26.2 Å². The molecule has 8 nitrogen and oxygen atoms in total. The van der Waals surface area contributed by atoms with Crippen molar-refractivity contribution in [2.24, 2.45) is 16.0 Å². The third-order valence-electron chi connectivity index (χ3n) is 9.03. The Morgan fingerprint density at radius 1 is 0.657 bits per heavy atom. The number of hydrogen-bond donors (Lipinski definition) is 1. The van der Waals surface area contributed by atoms with E-state index in [4.69, 9.17) is 0 Å². The summed E-state index contributed by atoms with van der Waals surface area (Å²) in [6.07, 6.45) is 6.68. The molecule has 2 saturated carbocycles. The van der Waals surface area contributed by atoms with E-state index in [0.717, 1.165) is 49.7 Å². The van der Waals surface area contributed by atoms with Gasteiger partial charge in [-0.1, -0.05) is 30.1 Å². The fourth-order valence-electron chi connectivity index (χ4n) is 6.51. The molecule has 2 saturated heterocycles. The van der Waals surface area contributed by atoms with Crippen LogP contribution in [0.3, 0.4) is 0 Å². The van der Waals surface area contributed by atoms with Crippen molar-refractivity contribution in [1.29, 1.82) is 0 Å². The van der Waals surface area contributed by atoms with Gasteiger partial charge in [0.15, 0.2) is 0 Å². The number of fused-ring (bicyclic) bond motifs is 3. The molecule has 1 N–H and O–H groups in total. The second-order valence-corrected chi connectivity index (χ2v) is 15.0. The molecule has 0 bridgehead atoms. The lowest BCUT2D eigenvalue weighted by Crippen LogP contribution is -2.61. The van der Waals surface area contributed by atoms with Crippen molar-refractivity contribution in [3.8, 4) is 11.1 Å². The Kier molecular flexibility index (Phi) is 4.35. The van der Waals surface area contributed by atoms with Crippen molar-refractivity contribution in [2.45, 2.75) is 48.3 Å². The summed E-state index contributed by atoms with van der Waals surface area (Å²) >= 11 is 0. The van der Waals surface area contributed by atoms with Crippen LogP contribution in [0.2, 0.25) is 0 Å². The zero-order valence-electron chi connectivity index (χ0n) is 19.3. The van der Waals surface area contributed by atoms with Gasteiger partial charge in [0.2, 0.25) is 20.0 Å². The first-order chi connectivity index (χ1) is 16.7. The highest BCUT2D eigenvalue weighted by Crippen LogP contribution is 2.51. The number of benzene rings is 2. The molecule has 5 aliphatic rings. The third kappa shape index (κ3) is 2.94. The molecule has 10 heteroatoms. The van der Waals surface area contributed by atoms with Gasteiger partial charge in [-0.25, -0.2) is 16.8 Å². The van der Waals surface area contributed by atoms with E-state index in [-0.39, 0.29) is 26.3 Å². The maximum atomic E-state index is 13.2. The first-order valence-electron chi connectivity index (χ1n) is 12.2. The van der Waals surface area contributed by atoms with Crippen LogP contribution in [0, 0.1) is 10.8 Å². The molecular weight excluding hydrogens is 486 g/mol. The Bertz CT molecular complexity index is 1390. The van der Waals surface area contributed by atoms with E-state index in [1.807, 2.05) is 0 Å². The van der Waals surface area contributed by atoms with E-state index >= 15 is 0 Å². The summed E-state index contributed by atoms with van der Waals surface area (Å²) in [5.41, 5.74) is 2.99. The van der Waals surface area contributed by atoms with Gasteiger partial charge in [0.05, 0.1) is 9.79 Å². The molecule has 0 radical (unpaired) electrons. The second-order valence-electron chi connectivity index (χ2n) is 11.1. The minimum absolute atomic E-state index is 0.165. The monoisotopic (exact) mass is 513 g/mol. The summed E-state index contributed by atoms with van der Waals surface area (Å²) in [5.74, 6) is 0. The van der Waals surface area contributed by atoms with Gasteiger partial charge in [-0.2, -0.15) is 8.61 Å². The van der Waals surface area contributed by atoms with E-state index in [9.17, 15) is 22.0 Å². The quantitative estimate of drug-likeness (QED) is 0.426. The maximum absolute atomic E-state index is 13.2. The summed E-state index contributed by atoms with van der Waals surface area (Å²) in [7, 11) is -7.28. The first kappa shape index (κ1) is 22.0. The number of hydrogen-bond acceptors (Lipinski definition) is 6. The Morgan fingerprint density at radius 2 is 1.06 bits per heavy atom. The molecule has 2 aliphatic heterocycles. The molecule has 184 valence electrons. The van der Waals surface area contributed by atoms with Crippen molar-refractivity contribution in [3.63, 3.8) is 0 Å². The predicted octanol–water partition coefficient (Wildman–Crippen LogP) is 3.24. The largest absolute Gasteiger partial charge is 0.410 e. The molecule has 2 aromatic rings. The van der Waals surface area contributed by atoms with Crippen LogP contribution < -0.4 is 0 Å².